The minimum atomic E-state index is 0.0667. The van der Waals surface area contributed by atoms with Crippen molar-refractivity contribution in [3.05, 3.63) is 24.5 Å². The lowest BCUT2D eigenvalue weighted by Crippen LogP contribution is -2.40. The van der Waals surface area contributed by atoms with E-state index in [1.807, 2.05) is 16.7 Å². The molecule has 4 rings (SSSR count). The van der Waals surface area contributed by atoms with Crippen molar-refractivity contribution in [3.63, 3.8) is 0 Å². The number of thioether (sulfide) groups is 1. The Labute approximate surface area is 176 Å². The Hall–Kier alpha value is -1.93. The number of amides is 1. The summed E-state index contributed by atoms with van der Waals surface area (Å²) in [5, 5.41) is 12.6. The summed E-state index contributed by atoms with van der Waals surface area (Å²) < 4.78 is 7.25. The summed E-state index contributed by atoms with van der Waals surface area (Å²) in [5.74, 6) is 3.52. The number of aromatic nitrogens is 4. The van der Waals surface area contributed by atoms with E-state index < -0.39 is 0 Å². The standard InChI is InChI=1S/C21H29N5O2S/c1-14(18-12-15-3-4-17(18)11-15)23-19(27)13-29-21-25-24-20(26(21)9-10-28-2)16-5-7-22-8-6-16/h5-8,14-15,17-18H,3-4,9-13H2,1-2H3,(H,23,27). The maximum Gasteiger partial charge on any atom is 0.230 e. The number of fused-ring (bicyclic) bond motifs is 2. The molecule has 2 heterocycles. The van der Waals surface area contributed by atoms with Crippen LogP contribution in [0.2, 0.25) is 0 Å². The van der Waals surface area contributed by atoms with E-state index in [1.54, 1.807) is 19.5 Å². The molecule has 2 aromatic rings. The second kappa shape index (κ2) is 9.26. The summed E-state index contributed by atoms with van der Waals surface area (Å²) in [6.07, 6.45) is 8.84. The van der Waals surface area contributed by atoms with Gasteiger partial charge >= 0.3 is 0 Å². The monoisotopic (exact) mass is 415 g/mol. The number of carbonyl (C=O) groups is 1. The summed E-state index contributed by atoms with van der Waals surface area (Å²) in [6, 6.07) is 4.06. The summed E-state index contributed by atoms with van der Waals surface area (Å²) in [5.41, 5.74) is 0.949. The molecular formula is C21H29N5O2S. The number of nitrogens with zero attached hydrogens (tertiary/aromatic N) is 4. The average molecular weight is 416 g/mol. The van der Waals surface area contributed by atoms with Crippen LogP contribution in [-0.4, -0.2) is 51.2 Å². The van der Waals surface area contributed by atoms with Crippen LogP contribution >= 0.6 is 11.8 Å². The first-order valence-corrected chi connectivity index (χ1v) is 11.4. The number of carbonyl (C=O) groups excluding carboxylic acids is 1. The normalized spacial score (nSPS) is 24.0. The van der Waals surface area contributed by atoms with Crippen molar-refractivity contribution >= 4 is 17.7 Å². The van der Waals surface area contributed by atoms with Crippen molar-refractivity contribution in [3.8, 4) is 11.4 Å². The molecule has 4 unspecified atom stereocenters. The van der Waals surface area contributed by atoms with Gasteiger partial charge in [0.05, 0.1) is 18.9 Å². The van der Waals surface area contributed by atoms with Gasteiger partial charge < -0.3 is 10.1 Å². The summed E-state index contributed by atoms with van der Waals surface area (Å²) >= 11 is 1.43. The van der Waals surface area contributed by atoms with Crippen molar-refractivity contribution in [1.29, 1.82) is 0 Å². The Morgan fingerprint density at radius 3 is 2.83 bits per heavy atom. The van der Waals surface area contributed by atoms with Crippen molar-refractivity contribution < 1.29 is 9.53 Å². The second-order valence-corrected chi connectivity index (χ2v) is 9.11. The average Bonchev–Trinajstić information content (AvgIpc) is 3.47. The van der Waals surface area contributed by atoms with Crippen LogP contribution in [0.25, 0.3) is 11.4 Å². The fraction of sp³-hybridized carbons (Fsp3) is 0.619. The van der Waals surface area contributed by atoms with Crippen LogP contribution in [0, 0.1) is 17.8 Å². The number of nitrogens with one attached hydrogen (secondary N) is 1. The van der Waals surface area contributed by atoms with E-state index in [4.69, 9.17) is 4.74 Å². The minimum absolute atomic E-state index is 0.0667. The molecule has 0 aromatic carbocycles. The van der Waals surface area contributed by atoms with Crippen molar-refractivity contribution in [2.75, 3.05) is 19.5 Å². The van der Waals surface area contributed by atoms with Crippen molar-refractivity contribution in [2.24, 2.45) is 17.8 Å². The van der Waals surface area contributed by atoms with Crippen LogP contribution in [0.3, 0.4) is 0 Å². The van der Waals surface area contributed by atoms with Gasteiger partial charge in [-0.3, -0.25) is 14.3 Å². The molecule has 2 bridgehead atoms. The predicted octanol–water partition coefficient (Wildman–Crippen LogP) is 3.02. The molecule has 0 spiro atoms. The highest BCUT2D eigenvalue weighted by molar-refractivity contribution is 7.99. The zero-order valence-electron chi connectivity index (χ0n) is 17.1. The van der Waals surface area contributed by atoms with Gasteiger partial charge in [-0.15, -0.1) is 10.2 Å². The molecule has 0 aliphatic heterocycles. The highest BCUT2D eigenvalue weighted by atomic mass is 32.2. The Balaban J connectivity index is 1.37. The molecule has 2 fully saturated rings. The molecule has 7 nitrogen and oxygen atoms in total. The molecule has 2 saturated carbocycles. The highest BCUT2D eigenvalue weighted by Crippen LogP contribution is 2.49. The SMILES string of the molecule is COCCn1c(SCC(=O)NC(C)C2CC3CCC2C3)nnc1-c1ccncc1. The van der Waals surface area contributed by atoms with Gasteiger partial charge in [-0.25, -0.2) is 0 Å². The van der Waals surface area contributed by atoms with Gasteiger partial charge in [0.25, 0.3) is 0 Å². The molecule has 0 saturated heterocycles. The number of hydrogen-bond acceptors (Lipinski definition) is 6. The zero-order valence-corrected chi connectivity index (χ0v) is 17.9. The molecule has 0 radical (unpaired) electrons. The third kappa shape index (κ3) is 4.64. The first kappa shape index (κ1) is 20.3. The molecule has 1 N–H and O–H groups in total. The molecular weight excluding hydrogens is 386 g/mol. The van der Waals surface area contributed by atoms with Gasteiger partial charge in [-0.05, 0) is 56.1 Å². The molecule has 2 aliphatic rings. The van der Waals surface area contributed by atoms with Crippen LogP contribution in [0.15, 0.2) is 29.7 Å². The van der Waals surface area contributed by atoms with Crippen LogP contribution in [-0.2, 0) is 16.1 Å². The zero-order chi connectivity index (χ0) is 20.2. The maximum atomic E-state index is 12.6. The molecule has 8 heteroatoms. The molecule has 2 aliphatic carbocycles. The quantitative estimate of drug-likeness (QED) is 0.634. The first-order chi connectivity index (χ1) is 14.2. The van der Waals surface area contributed by atoms with Gasteiger partial charge in [0, 0.05) is 31.1 Å². The topological polar surface area (TPSA) is 81.9 Å². The Bertz CT molecular complexity index is 828. The first-order valence-electron chi connectivity index (χ1n) is 10.4. The van der Waals surface area contributed by atoms with Crippen molar-refractivity contribution in [2.45, 2.75) is 50.4 Å². The maximum absolute atomic E-state index is 12.6. The molecule has 156 valence electrons. The molecule has 1 amide bonds. The smallest absolute Gasteiger partial charge is 0.230 e. The van der Waals surface area contributed by atoms with E-state index in [0.29, 0.717) is 24.8 Å². The Morgan fingerprint density at radius 2 is 2.14 bits per heavy atom. The molecule has 29 heavy (non-hydrogen) atoms. The lowest BCUT2D eigenvalue weighted by molar-refractivity contribution is -0.119. The van der Waals surface area contributed by atoms with Gasteiger partial charge in [-0.2, -0.15) is 0 Å². The lowest BCUT2D eigenvalue weighted by atomic mass is 9.84. The van der Waals surface area contributed by atoms with E-state index in [9.17, 15) is 4.79 Å². The van der Waals surface area contributed by atoms with E-state index in [2.05, 4.69) is 27.4 Å². The minimum Gasteiger partial charge on any atom is -0.383 e. The van der Waals surface area contributed by atoms with Crippen LogP contribution in [0.4, 0.5) is 0 Å². The highest BCUT2D eigenvalue weighted by Gasteiger charge is 2.42. The fourth-order valence-corrected chi connectivity index (χ4v) is 5.71. The van der Waals surface area contributed by atoms with E-state index in [0.717, 1.165) is 28.4 Å². The van der Waals surface area contributed by atoms with Crippen LogP contribution in [0.1, 0.15) is 32.6 Å². The van der Waals surface area contributed by atoms with E-state index in [1.165, 1.54) is 37.4 Å². The van der Waals surface area contributed by atoms with Crippen LogP contribution < -0.4 is 5.32 Å². The summed E-state index contributed by atoms with van der Waals surface area (Å²) in [4.78, 5) is 16.6. The second-order valence-electron chi connectivity index (χ2n) is 8.17. The van der Waals surface area contributed by atoms with E-state index >= 15 is 0 Å². The Kier molecular flexibility index (Phi) is 6.50. The third-order valence-corrected chi connectivity index (χ3v) is 7.30. The predicted molar refractivity (Wildman–Crippen MR) is 112 cm³/mol. The number of pyridine rings is 1. The summed E-state index contributed by atoms with van der Waals surface area (Å²) in [7, 11) is 1.67. The largest absolute Gasteiger partial charge is 0.383 e. The number of rotatable bonds is 9. The number of ether oxygens (including phenoxy) is 1. The van der Waals surface area contributed by atoms with Crippen molar-refractivity contribution in [1.82, 2.24) is 25.1 Å². The van der Waals surface area contributed by atoms with Gasteiger partial charge in [0.2, 0.25) is 5.91 Å². The molecule has 4 atom stereocenters. The summed E-state index contributed by atoms with van der Waals surface area (Å²) in [6.45, 7) is 3.35. The van der Waals surface area contributed by atoms with Gasteiger partial charge in [0.1, 0.15) is 0 Å². The third-order valence-electron chi connectivity index (χ3n) is 6.33. The Morgan fingerprint density at radius 1 is 1.31 bits per heavy atom. The lowest BCUT2D eigenvalue weighted by Gasteiger charge is -2.28. The fourth-order valence-electron chi connectivity index (χ4n) is 4.93. The number of hydrogen-bond donors (Lipinski definition) is 1. The van der Waals surface area contributed by atoms with Gasteiger partial charge in [0.15, 0.2) is 11.0 Å². The van der Waals surface area contributed by atoms with Crippen LogP contribution in [0.5, 0.6) is 0 Å². The van der Waals surface area contributed by atoms with Gasteiger partial charge in [-0.1, -0.05) is 18.2 Å². The number of methoxy groups -OCH3 is 1. The molecule has 2 aromatic heterocycles. The van der Waals surface area contributed by atoms with E-state index in [-0.39, 0.29) is 11.9 Å².